The van der Waals surface area contributed by atoms with Gasteiger partial charge in [-0.05, 0) is 47.5 Å². The molecule has 1 unspecified atom stereocenters. The van der Waals surface area contributed by atoms with Crippen molar-refractivity contribution in [3.63, 3.8) is 0 Å². The van der Waals surface area contributed by atoms with Gasteiger partial charge in [-0.15, -0.1) is 0 Å². The van der Waals surface area contributed by atoms with Crippen molar-refractivity contribution in [1.29, 1.82) is 0 Å². The second-order valence-corrected chi connectivity index (χ2v) is 6.50. The second kappa shape index (κ2) is 4.90. The molecule has 2 aliphatic rings. The minimum Gasteiger partial charge on any atom is -0.394 e. The van der Waals surface area contributed by atoms with Crippen molar-refractivity contribution >= 4 is 21.8 Å². The van der Waals surface area contributed by atoms with Crippen molar-refractivity contribution in [2.75, 3.05) is 6.61 Å². The maximum Gasteiger partial charge on any atom is 0.248 e. The molecule has 0 aliphatic heterocycles. The molecule has 2 fully saturated rings. The Morgan fingerprint density at radius 1 is 1.63 bits per heavy atom. The van der Waals surface area contributed by atoms with Gasteiger partial charge in [-0.25, -0.2) is 0 Å². The highest BCUT2D eigenvalue weighted by Gasteiger charge is 2.53. The lowest BCUT2D eigenvalue weighted by Gasteiger charge is -2.34. The molecule has 0 saturated heterocycles. The number of rotatable bonds is 5. The molecule has 1 atom stereocenters. The van der Waals surface area contributed by atoms with Gasteiger partial charge < -0.3 is 10.4 Å². The third kappa shape index (κ3) is 2.31. The van der Waals surface area contributed by atoms with E-state index >= 15 is 0 Å². The quantitative estimate of drug-likeness (QED) is 0.859. The molecule has 1 aromatic rings. The molecule has 2 N–H and O–H groups in total. The van der Waals surface area contributed by atoms with E-state index in [0.717, 1.165) is 30.2 Å². The molecular weight excluding hydrogens is 310 g/mol. The summed E-state index contributed by atoms with van der Waals surface area (Å²) in [6.45, 7) is 0.0231. The number of halogens is 1. The molecule has 2 aliphatic carbocycles. The molecule has 1 aromatic heterocycles. The number of aliphatic hydroxyl groups excluding tert-OH is 1. The van der Waals surface area contributed by atoms with Crippen LogP contribution >= 0.6 is 15.9 Å². The molecule has 6 heteroatoms. The van der Waals surface area contributed by atoms with Crippen molar-refractivity contribution < 1.29 is 9.90 Å². The molecule has 0 bridgehead atoms. The van der Waals surface area contributed by atoms with Crippen molar-refractivity contribution in [2.45, 2.75) is 43.7 Å². The van der Waals surface area contributed by atoms with E-state index in [4.69, 9.17) is 0 Å². The summed E-state index contributed by atoms with van der Waals surface area (Å²) >= 11 is 3.35. The molecule has 0 aromatic carbocycles. The van der Waals surface area contributed by atoms with Gasteiger partial charge >= 0.3 is 0 Å². The van der Waals surface area contributed by atoms with Crippen LogP contribution in [0, 0.1) is 5.92 Å². The minimum absolute atomic E-state index is 0.00551. The monoisotopic (exact) mass is 327 g/mol. The van der Waals surface area contributed by atoms with E-state index in [1.165, 1.54) is 6.42 Å². The van der Waals surface area contributed by atoms with Crippen molar-refractivity contribution in [2.24, 2.45) is 5.92 Å². The molecule has 5 nitrogen and oxygen atoms in total. The zero-order valence-electron chi connectivity index (χ0n) is 10.7. The summed E-state index contributed by atoms with van der Waals surface area (Å²) in [6, 6.07) is -0.0993. The van der Waals surface area contributed by atoms with Gasteiger partial charge in [-0.1, -0.05) is 6.42 Å². The highest BCUT2D eigenvalue weighted by Crippen LogP contribution is 2.44. The van der Waals surface area contributed by atoms with Gasteiger partial charge in [0.2, 0.25) is 5.91 Å². The van der Waals surface area contributed by atoms with Gasteiger partial charge in [0.15, 0.2) is 0 Å². The highest BCUT2D eigenvalue weighted by molar-refractivity contribution is 9.10. The predicted octanol–water partition coefficient (Wildman–Crippen LogP) is 1.41. The Hall–Kier alpha value is -0.880. The average molecular weight is 328 g/mol. The van der Waals surface area contributed by atoms with E-state index in [0.29, 0.717) is 5.92 Å². The van der Waals surface area contributed by atoms with Gasteiger partial charge in [0.1, 0.15) is 5.54 Å². The first-order valence-corrected chi connectivity index (χ1v) is 7.57. The molecule has 1 heterocycles. The number of nitrogens with zero attached hydrogens (tertiary/aromatic N) is 2. The topological polar surface area (TPSA) is 67.2 Å². The van der Waals surface area contributed by atoms with Crippen LogP contribution < -0.4 is 5.32 Å². The van der Waals surface area contributed by atoms with Gasteiger partial charge in [-0.3, -0.25) is 9.48 Å². The van der Waals surface area contributed by atoms with Gasteiger partial charge in [0.25, 0.3) is 0 Å². The Morgan fingerprint density at radius 2 is 2.37 bits per heavy atom. The maximum absolute atomic E-state index is 12.5. The molecule has 19 heavy (non-hydrogen) atoms. The summed E-state index contributed by atoms with van der Waals surface area (Å²) in [5.41, 5.74) is -0.525. The fourth-order valence-electron chi connectivity index (χ4n) is 2.67. The number of hydrogen-bond donors (Lipinski definition) is 2. The summed E-state index contributed by atoms with van der Waals surface area (Å²) in [6.07, 6.45) is 8.57. The fraction of sp³-hybridized carbons (Fsp3) is 0.692. The van der Waals surface area contributed by atoms with Crippen molar-refractivity contribution in [3.8, 4) is 0 Å². The zero-order valence-corrected chi connectivity index (χ0v) is 12.3. The molecule has 3 rings (SSSR count). The molecule has 0 radical (unpaired) electrons. The molecule has 1 amide bonds. The molecule has 0 spiro atoms. The van der Waals surface area contributed by atoms with E-state index in [1.807, 2.05) is 6.20 Å². The van der Waals surface area contributed by atoms with Crippen LogP contribution in [0.25, 0.3) is 0 Å². The Balaban J connectivity index is 1.69. The maximum atomic E-state index is 12.5. The normalized spacial score (nSPS) is 22.6. The zero-order chi connectivity index (χ0) is 13.5. The smallest absolute Gasteiger partial charge is 0.248 e. The number of nitrogens with one attached hydrogen (secondary N) is 1. The summed E-state index contributed by atoms with van der Waals surface area (Å²) in [7, 11) is 0. The Kier molecular flexibility index (Phi) is 3.39. The van der Waals surface area contributed by atoms with E-state index in [-0.39, 0.29) is 18.6 Å². The van der Waals surface area contributed by atoms with E-state index in [1.54, 1.807) is 10.9 Å². The minimum atomic E-state index is -0.525. The van der Waals surface area contributed by atoms with E-state index in [9.17, 15) is 9.90 Å². The van der Waals surface area contributed by atoms with Gasteiger partial charge in [-0.2, -0.15) is 5.10 Å². The summed E-state index contributed by atoms with van der Waals surface area (Å²) < 4.78 is 2.62. The van der Waals surface area contributed by atoms with Crippen LogP contribution in [-0.2, 0) is 10.3 Å². The molecule has 2 saturated carbocycles. The number of amides is 1. The van der Waals surface area contributed by atoms with Crippen LogP contribution in [0.4, 0.5) is 0 Å². The summed E-state index contributed by atoms with van der Waals surface area (Å²) in [4.78, 5) is 12.5. The number of carbonyl (C=O) groups is 1. The predicted molar refractivity (Wildman–Crippen MR) is 73.5 cm³/mol. The van der Waals surface area contributed by atoms with Gasteiger partial charge in [0.05, 0.1) is 23.3 Å². The Bertz CT molecular complexity index is 480. The number of aliphatic hydroxyl groups is 1. The molecule has 104 valence electrons. The first-order valence-electron chi connectivity index (χ1n) is 6.78. The highest BCUT2D eigenvalue weighted by atomic mass is 79.9. The molecular formula is C13H18BrN3O2. The standard InChI is InChI=1S/C13H18BrN3O2/c14-10-6-15-17(7-10)13(4-5-13)12(19)16-11(8-18)9-2-1-3-9/h6-7,9,11,18H,1-5,8H2,(H,16,19). The van der Waals surface area contributed by atoms with Crippen LogP contribution in [0.15, 0.2) is 16.9 Å². The van der Waals surface area contributed by atoms with Crippen LogP contribution in [0.5, 0.6) is 0 Å². The van der Waals surface area contributed by atoms with Crippen LogP contribution in [0.1, 0.15) is 32.1 Å². The number of hydrogen-bond acceptors (Lipinski definition) is 3. The third-order valence-electron chi connectivity index (χ3n) is 4.37. The number of aromatic nitrogens is 2. The summed E-state index contributed by atoms with van der Waals surface area (Å²) in [5.74, 6) is 0.433. The largest absolute Gasteiger partial charge is 0.394 e. The fourth-order valence-corrected chi connectivity index (χ4v) is 2.96. The first-order chi connectivity index (χ1) is 9.15. The lowest BCUT2D eigenvalue weighted by atomic mass is 9.80. The van der Waals surface area contributed by atoms with E-state index < -0.39 is 5.54 Å². The Morgan fingerprint density at radius 3 is 2.79 bits per heavy atom. The van der Waals surface area contributed by atoms with Crippen LogP contribution in [0.3, 0.4) is 0 Å². The second-order valence-electron chi connectivity index (χ2n) is 5.59. The summed E-state index contributed by atoms with van der Waals surface area (Å²) in [5, 5.41) is 16.7. The first kappa shape index (κ1) is 13.1. The van der Waals surface area contributed by atoms with Crippen LogP contribution in [0.2, 0.25) is 0 Å². The van der Waals surface area contributed by atoms with E-state index in [2.05, 4.69) is 26.3 Å². The SMILES string of the molecule is O=C(NC(CO)C1CCC1)C1(n2cc(Br)cn2)CC1. The Labute approximate surface area is 120 Å². The lowest BCUT2D eigenvalue weighted by molar-refractivity contribution is -0.127. The third-order valence-corrected chi connectivity index (χ3v) is 4.78. The number of carbonyl (C=O) groups excluding carboxylic acids is 1. The lowest BCUT2D eigenvalue weighted by Crippen LogP contribution is -2.50. The van der Waals surface area contributed by atoms with Crippen molar-refractivity contribution in [1.82, 2.24) is 15.1 Å². The average Bonchev–Trinajstić information content (AvgIpc) is 3.03. The van der Waals surface area contributed by atoms with Crippen LogP contribution in [-0.4, -0.2) is 33.4 Å². The van der Waals surface area contributed by atoms with Gasteiger partial charge in [0, 0.05) is 6.20 Å². The van der Waals surface area contributed by atoms with Crippen molar-refractivity contribution in [3.05, 3.63) is 16.9 Å².